The fraction of sp³-hybridized carbons (Fsp3) is 0.694. The molecule has 22 nitrogen and oxygen atoms in total. The normalized spacial score (nSPS) is 10.9. The van der Waals surface area contributed by atoms with E-state index in [0.29, 0.717) is 90.0 Å². The molecule has 1 heterocycles. The van der Waals surface area contributed by atoms with E-state index in [1.807, 2.05) is 24.3 Å². The molecule has 0 fully saturated rings. The predicted molar refractivity (Wildman–Crippen MR) is 205 cm³/mol. The van der Waals surface area contributed by atoms with E-state index in [1.54, 1.807) is 11.8 Å². The van der Waals surface area contributed by atoms with Crippen molar-refractivity contribution in [2.24, 2.45) is 5.11 Å². The Balaban J connectivity index is 1.49. The number of nitrogens with zero attached hydrogens (tertiary/aromatic N) is 8. The van der Waals surface area contributed by atoms with Gasteiger partial charge in [-0.25, -0.2) is 0 Å². The lowest BCUT2D eigenvalue weighted by Crippen LogP contribution is -2.41. The van der Waals surface area contributed by atoms with E-state index < -0.39 is 5.97 Å². The maximum Gasteiger partial charge on any atom is 0.305 e. The van der Waals surface area contributed by atoms with Gasteiger partial charge in [0.2, 0.25) is 17.6 Å². The van der Waals surface area contributed by atoms with Gasteiger partial charge in [-0.15, -0.1) is 20.4 Å². The Morgan fingerprint density at radius 3 is 1.72 bits per heavy atom. The van der Waals surface area contributed by atoms with Crippen LogP contribution < -0.4 is 10.1 Å². The standard InChI is InChI=1S/C36H57N9O13/c1-30-40-42-36(43-41-30)31-2-4-32(5-3-31)58-29-28-57-27-26-56-25-24-55-23-20-51-14-7-34(47)45(12-17-54-22-21-53-16-10-39-44-37)11-9-38-33(46)6-13-50-18-19-52-15-8-35(48)49/h2-5H,6-29H2,1H3,(H,38,46)(H,48,49). The minimum absolute atomic E-state index is 0.0817. The molecule has 0 unspecified atom stereocenters. The van der Waals surface area contributed by atoms with Gasteiger partial charge in [0.05, 0.1) is 119 Å². The van der Waals surface area contributed by atoms with Crippen LogP contribution in [0.3, 0.4) is 0 Å². The number of aromatic nitrogens is 4. The molecule has 324 valence electrons. The van der Waals surface area contributed by atoms with Crippen molar-refractivity contribution in [3.63, 3.8) is 0 Å². The molecule has 1 aromatic heterocycles. The molecule has 0 saturated heterocycles. The Kier molecular flexibility index (Phi) is 29.4. The molecule has 2 rings (SSSR count). The van der Waals surface area contributed by atoms with Gasteiger partial charge >= 0.3 is 5.97 Å². The van der Waals surface area contributed by atoms with Crippen molar-refractivity contribution < 1.29 is 62.1 Å². The molecular weight excluding hydrogens is 766 g/mol. The van der Waals surface area contributed by atoms with Gasteiger partial charge in [0.1, 0.15) is 12.4 Å². The van der Waals surface area contributed by atoms with Crippen molar-refractivity contribution in [2.75, 3.05) is 138 Å². The molecule has 2 amide bonds. The molecule has 22 heteroatoms. The second-order valence-corrected chi connectivity index (χ2v) is 11.9. The third-order valence-corrected chi connectivity index (χ3v) is 7.40. The van der Waals surface area contributed by atoms with Crippen molar-refractivity contribution in [1.29, 1.82) is 0 Å². The first-order valence-corrected chi connectivity index (χ1v) is 19.0. The Morgan fingerprint density at radius 2 is 1.16 bits per heavy atom. The highest BCUT2D eigenvalue weighted by Crippen LogP contribution is 2.18. The quantitative estimate of drug-likeness (QED) is 0.0418. The van der Waals surface area contributed by atoms with E-state index in [1.165, 1.54) is 0 Å². The predicted octanol–water partition coefficient (Wildman–Crippen LogP) is 1.26. The second-order valence-electron chi connectivity index (χ2n) is 11.9. The lowest BCUT2D eigenvalue weighted by Gasteiger charge is -2.23. The molecular formula is C36H57N9O13. The minimum atomic E-state index is -0.936. The monoisotopic (exact) mass is 823 g/mol. The smallest absolute Gasteiger partial charge is 0.305 e. The van der Waals surface area contributed by atoms with Crippen molar-refractivity contribution in [3.05, 3.63) is 40.5 Å². The number of benzene rings is 1. The summed E-state index contributed by atoms with van der Waals surface area (Å²) in [5.74, 6) is 0.328. The number of carbonyl (C=O) groups excluding carboxylic acids is 2. The van der Waals surface area contributed by atoms with Crippen LogP contribution in [0.5, 0.6) is 5.75 Å². The van der Waals surface area contributed by atoms with Crippen molar-refractivity contribution in [3.8, 4) is 17.1 Å². The van der Waals surface area contributed by atoms with Gasteiger partial charge < -0.3 is 58.0 Å². The van der Waals surface area contributed by atoms with E-state index in [2.05, 4.69) is 35.7 Å². The van der Waals surface area contributed by atoms with Crippen LogP contribution in [0.15, 0.2) is 29.4 Å². The van der Waals surface area contributed by atoms with Crippen LogP contribution >= 0.6 is 0 Å². The first-order valence-electron chi connectivity index (χ1n) is 19.0. The van der Waals surface area contributed by atoms with E-state index in [4.69, 9.17) is 53.3 Å². The summed E-state index contributed by atoms with van der Waals surface area (Å²) in [6.07, 6.45) is 0.181. The number of azide groups is 1. The molecule has 2 N–H and O–H groups in total. The van der Waals surface area contributed by atoms with Gasteiger partial charge in [0.15, 0.2) is 5.82 Å². The Morgan fingerprint density at radius 1 is 0.655 bits per heavy atom. The fourth-order valence-corrected chi connectivity index (χ4v) is 4.47. The average molecular weight is 824 g/mol. The van der Waals surface area contributed by atoms with Crippen LogP contribution in [-0.2, 0) is 52.3 Å². The SMILES string of the molecule is Cc1nnc(-c2ccc(OCCOCCOCCOCCOCCC(=O)N(CCNC(=O)CCOCCOCCC(=O)O)CCOCCOCCN=[N+]=[N-])cc2)nn1. The molecule has 1 aromatic carbocycles. The number of hydrogen-bond donors (Lipinski definition) is 2. The molecule has 0 saturated carbocycles. The zero-order valence-electron chi connectivity index (χ0n) is 33.2. The summed E-state index contributed by atoms with van der Waals surface area (Å²) >= 11 is 0. The number of carbonyl (C=O) groups is 3. The Hall–Kier alpha value is -4.64. The van der Waals surface area contributed by atoms with Crippen molar-refractivity contribution in [2.45, 2.75) is 26.2 Å². The van der Waals surface area contributed by atoms with Gasteiger partial charge in [0.25, 0.3) is 0 Å². The van der Waals surface area contributed by atoms with Crippen molar-refractivity contribution >= 4 is 17.8 Å². The Bertz CT molecular complexity index is 1420. The third kappa shape index (κ3) is 27.1. The third-order valence-electron chi connectivity index (χ3n) is 7.40. The van der Waals surface area contributed by atoms with Crippen LogP contribution in [0.1, 0.15) is 25.1 Å². The maximum absolute atomic E-state index is 13.0. The molecule has 0 radical (unpaired) electrons. The summed E-state index contributed by atoms with van der Waals surface area (Å²) in [5, 5.41) is 30.6. The first-order chi connectivity index (χ1) is 28.4. The molecule has 0 spiro atoms. The van der Waals surface area contributed by atoms with Crippen molar-refractivity contribution in [1.82, 2.24) is 30.6 Å². The molecule has 2 aromatic rings. The van der Waals surface area contributed by atoms with Crippen LogP contribution in [0.4, 0.5) is 0 Å². The van der Waals surface area contributed by atoms with E-state index in [0.717, 1.165) is 5.56 Å². The second kappa shape index (κ2) is 34.4. The van der Waals surface area contributed by atoms with E-state index in [-0.39, 0.29) is 97.0 Å². The molecule has 0 aliphatic heterocycles. The van der Waals surface area contributed by atoms with Gasteiger partial charge in [-0.2, -0.15) is 0 Å². The fourth-order valence-electron chi connectivity index (χ4n) is 4.47. The van der Waals surface area contributed by atoms with Crippen LogP contribution in [-0.4, -0.2) is 187 Å². The van der Waals surface area contributed by atoms with Gasteiger partial charge in [-0.3, -0.25) is 14.4 Å². The van der Waals surface area contributed by atoms with Gasteiger partial charge in [-0.1, -0.05) is 5.11 Å². The number of nitrogens with one attached hydrogen (secondary N) is 1. The zero-order chi connectivity index (χ0) is 41.7. The van der Waals surface area contributed by atoms with Crippen LogP contribution in [0.2, 0.25) is 0 Å². The number of carboxylic acids is 1. The number of rotatable bonds is 38. The average Bonchev–Trinajstić information content (AvgIpc) is 3.22. The summed E-state index contributed by atoms with van der Waals surface area (Å²) < 4.78 is 49.2. The highest BCUT2D eigenvalue weighted by molar-refractivity contribution is 5.77. The lowest BCUT2D eigenvalue weighted by molar-refractivity contribution is -0.138. The summed E-state index contributed by atoms with van der Waals surface area (Å²) in [7, 11) is 0. The number of amides is 2. The van der Waals surface area contributed by atoms with E-state index >= 15 is 0 Å². The molecule has 0 bridgehead atoms. The highest BCUT2D eigenvalue weighted by Gasteiger charge is 2.14. The lowest BCUT2D eigenvalue weighted by atomic mass is 10.2. The Labute approximate surface area is 337 Å². The number of carboxylic acid groups (broad SMARTS) is 1. The summed E-state index contributed by atoms with van der Waals surface area (Å²) in [6.45, 7) is 7.95. The molecule has 0 atom stereocenters. The highest BCUT2D eigenvalue weighted by atomic mass is 16.6. The molecule has 0 aliphatic rings. The summed E-state index contributed by atoms with van der Waals surface area (Å²) in [4.78, 5) is 39.9. The molecule has 58 heavy (non-hydrogen) atoms. The largest absolute Gasteiger partial charge is 0.491 e. The number of hydrogen-bond acceptors (Lipinski definition) is 17. The summed E-state index contributed by atoms with van der Waals surface area (Å²) in [5.41, 5.74) is 9.09. The van der Waals surface area contributed by atoms with Crippen LogP contribution in [0, 0.1) is 6.92 Å². The van der Waals surface area contributed by atoms with Gasteiger partial charge in [-0.05, 0) is 36.7 Å². The maximum atomic E-state index is 13.0. The topological polar surface area (TPSA) is 270 Å². The number of aryl methyl sites for hydroxylation is 1. The van der Waals surface area contributed by atoms with Crippen LogP contribution in [0.25, 0.3) is 21.8 Å². The van der Waals surface area contributed by atoms with Gasteiger partial charge in [0, 0.05) is 43.1 Å². The molecule has 0 aliphatic carbocycles. The minimum Gasteiger partial charge on any atom is -0.491 e. The first kappa shape index (κ1) is 49.5. The van der Waals surface area contributed by atoms with E-state index in [9.17, 15) is 14.4 Å². The zero-order valence-corrected chi connectivity index (χ0v) is 33.2. The number of aliphatic carboxylic acids is 1. The summed E-state index contributed by atoms with van der Waals surface area (Å²) in [6, 6.07) is 7.32. The number of ether oxygens (including phenoxy) is 9.